The molecule has 0 heterocycles. The molecule has 0 saturated heterocycles. The van der Waals surface area contributed by atoms with E-state index >= 15 is 0 Å². The Balaban J connectivity index is 3.02. The Labute approximate surface area is 80.7 Å². The minimum absolute atomic E-state index is 0.0740. The van der Waals surface area contributed by atoms with Gasteiger partial charge >= 0.3 is 7.32 Å². The third-order valence-corrected chi connectivity index (χ3v) is 2.19. The van der Waals surface area contributed by atoms with E-state index < -0.39 is 17.4 Å². The maximum absolute atomic E-state index is 10.6. The molecular weight excluding hydrogens is 211 g/mol. The molecule has 1 aromatic carbocycles. The van der Waals surface area contributed by atoms with Crippen molar-refractivity contribution in [2.24, 2.45) is 0 Å². The van der Waals surface area contributed by atoms with Crippen molar-refractivity contribution in [2.45, 2.75) is 4.90 Å². The number of rotatable bonds is 3. The van der Waals surface area contributed by atoms with Gasteiger partial charge in [0.05, 0.1) is 4.90 Å². The minimum Gasteiger partial charge on any atom is -0.512 e. The van der Waals surface area contributed by atoms with Crippen molar-refractivity contribution in [3.63, 3.8) is 0 Å². The molecule has 0 saturated carbocycles. The molecule has 3 N–H and O–H groups in total. The van der Waals surface area contributed by atoms with Gasteiger partial charge < -0.3 is 14.7 Å². The molecule has 0 radical (unpaired) electrons. The highest BCUT2D eigenvalue weighted by Crippen LogP contribution is 2.17. The topological polar surface area (TPSA) is 104 Å². The van der Waals surface area contributed by atoms with Crippen LogP contribution in [-0.2, 0) is 10.1 Å². The van der Waals surface area contributed by atoms with E-state index in [9.17, 15) is 8.42 Å². The summed E-state index contributed by atoms with van der Waals surface area (Å²) in [7, 11) is -6.34. The molecule has 0 amide bonds. The smallest absolute Gasteiger partial charge is 0.512 e. The fraction of sp³-hybridized carbons (Fsp3) is 0. The van der Waals surface area contributed by atoms with Gasteiger partial charge in [-0.15, -0.1) is 0 Å². The predicted molar refractivity (Wildman–Crippen MR) is 47.1 cm³/mol. The molecule has 0 unspecified atom stereocenters. The van der Waals surface area contributed by atoms with Crippen molar-refractivity contribution < 1.29 is 27.7 Å². The Kier molecular flexibility index (Phi) is 3.12. The van der Waals surface area contributed by atoms with Crippen LogP contribution in [0.15, 0.2) is 29.2 Å². The Morgan fingerprint density at radius 2 is 1.93 bits per heavy atom. The van der Waals surface area contributed by atoms with Gasteiger partial charge in [0, 0.05) is 0 Å². The minimum atomic E-state index is -4.30. The zero-order valence-electron chi connectivity index (χ0n) is 6.86. The summed E-state index contributed by atoms with van der Waals surface area (Å²) in [5.41, 5.74) is 0. The van der Waals surface area contributed by atoms with Gasteiger partial charge in [-0.2, -0.15) is 8.42 Å². The van der Waals surface area contributed by atoms with Crippen LogP contribution in [0.1, 0.15) is 0 Å². The van der Waals surface area contributed by atoms with Gasteiger partial charge in [-0.05, 0) is 18.2 Å². The lowest BCUT2D eigenvalue weighted by atomic mass is 10.2. The van der Waals surface area contributed by atoms with Crippen LogP contribution in [0.2, 0.25) is 0 Å². The lowest BCUT2D eigenvalue weighted by Crippen LogP contribution is -2.20. The second-order valence-electron chi connectivity index (χ2n) is 2.39. The van der Waals surface area contributed by atoms with Gasteiger partial charge in [0.2, 0.25) is 0 Å². The third kappa shape index (κ3) is 3.00. The summed E-state index contributed by atoms with van der Waals surface area (Å²) in [5, 5.41) is 16.8. The van der Waals surface area contributed by atoms with E-state index in [2.05, 4.69) is 4.65 Å². The summed E-state index contributed by atoms with van der Waals surface area (Å²) in [6.45, 7) is 0. The van der Waals surface area contributed by atoms with Crippen LogP contribution in [-0.4, -0.2) is 30.3 Å². The van der Waals surface area contributed by atoms with Crippen molar-refractivity contribution in [3.8, 4) is 5.75 Å². The lowest BCUT2D eigenvalue weighted by molar-refractivity contribution is 0.287. The van der Waals surface area contributed by atoms with Crippen LogP contribution in [0.5, 0.6) is 5.75 Å². The summed E-state index contributed by atoms with van der Waals surface area (Å²) in [6, 6.07) is 4.72. The first-order valence-electron chi connectivity index (χ1n) is 3.50. The van der Waals surface area contributed by atoms with Crippen molar-refractivity contribution >= 4 is 17.4 Å². The van der Waals surface area contributed by atoms with E-state index in [4.69, 9.17) is 14.6 Å². The van der Waals surface area contributed by atoms with Crippen LogP contribution < -0.4 is 4.65 Å². The molecule has 1 rings (SSSR count). The quantitative estimate of drug-likeness (QED) is 0.456. The number of hydrogen-bond acceptors (Lipinski definition) is 5. The Morgan fingerprint density at radius 1 is 1.29 bits per heavy atom. The largest absolute Gasteiger partial charge is 0.707 e. The zero-order valence-corrected chi connectivity index (χ0v) is 7.68. The number of hydrogen-bond donors (Lipinski definition) is 3. The molecule has 0 aromatic heterocycles. The molecule has 0 aliphatic carbocycles. The first-order chi connectivity index (χ1) is 6.39. The van der Waals surface area contributed by atoms with Crippen LogP contribution in [0.25, 0.3) is 0 Å². The number of benzene rings is 1. The molecule has 8 heteroatoms. The zero-order chi connectivity index (χ0) is 10.8. The molecule has 0 bridgehead atoms. The standard InChI is InChI=1S/C6H7BO6S/c8-7(9)13-5-2-1-3-6(4-5)14(10,11)12/h1-4,8-9H,(H,10,11,12). The van der Waals surface area contributed by atoms with Gasteiger partial charge in [0.25, 0.3) is 10.1 Å². The van der Waals surface area contributed by atoms with Gasteiger partial charge in [0.15, 0.2) is 0 Å². The molecule has 0 aliphatic heterocycles. The molecule has 0 aliphatic rings. The summed E-state index contributed by atoms with van der Waals surface area (Å²) < 4.78 is 34.3. The van der Waals surface area contributed by atoms with Crippen LogP contribution in [0, 0.1) is 0 Å². The molecule has 1 aromatic rings. The van der Waals surface area contributed by atoms with Crippen molar-refractivity contribution in [1.82, 2.24) is 0 Å². The normalized spacial score (nSPS) is 11.1. The van der Waals surface area contributed by atoms with E-state index in [0.717, 1.165) is 12.1 Å². The van der Waals surface area contributed by atoms with Crippen molar-refractivity contribution in [1.29, 1.82) is 0 Å². The lowest BCUT2D eigenvalue weighted by Gasteiger charge is -2.04. The maximum atomic E-state index is 10.6. The Morgan fingerprint density at radius 3 is 2.43 bits per heavy atom. The van der Waals surface area contributed by atoms with Crippen LogP contribution in [0.3, 0.4) is 0 Å². The van der Waals surface area contributed by atoms with Gasteiger partial charge in [-0.1, -0.05) is 6.07 Å². The summed E-state index contributed by atoms with van der Waals surface area (Å²) in [6.07, 6.45) is 0. The second kappa shape index (κ2) is 3.97. The van der Waals surface area contributed by atoms with E-state index in [0.29, 0.717) is 0 Å². The first kappa shape index (κ1) is 11.0. The molecule has 76 valence electrons. The Hall–Kier alpha value is -1.09. The fourth-order valence-corrected chi connectivity index (χ4v) is 1.35. The van der Waals surface area contributed by atoms with Gasteiger partial charge in [-0.3, -0.25) is 4.55 Å². The van der Waals surface area contributed by atoms with Crippen LogP contribution >= 0.6 is 0 Å². The highest BCUT2D eigenvalue weighted by atomic mass is 32.2. The van der Waals surface area contributed by atoms with E-state index in [1.165, 1.54) is 12.1 Å². The summed E-state index contributed by atoms with van der Waals surface area (Å²) in [4.78, 5) is -0.379. The average molecular weight is 218 g/mol. The highest BCUT2D eigenvalue weighted by molar-refractivity contribution is 7.85. The second-order valence-corrected chi connectivity index (χ2v) is 3.82. The SMILES string of the molecule is O=S(=O)(O)c1cccc(OB(O)O)c1. The van der Waals surface area contributed by atoms with E-state index in [1.807, 2.05) is 0 Å². The van der Waals surface area contributed by atoms with Crippen LogP contribution in [0.4, 0.5) is 0 Å². The Bertz CT molecular complexity index is 414. The maximum Gasteiger partial charge on any atom is 0.707 e. The third-order valence-electron chi connectivity index (χ3n) is 1.34. The monoisotopic (exact) mass is 218 g/mol. The fourth-order valence-electron chi connectivity index (χ4n) is 0.830. The first-order valence-corrected chi connectivity index (χ1v) is 4.94. The molecule has 14 heavy (non-hydrogen) atoms. The average Bonchev–Trinajstić information content (AvgIpc) is 2.01. The van der Waals surface area contributed by atoms with E-state index in [1.54, 1.807) is 0 Å². The highest BCUT2D eigenvalue weighted by Gasteiger charge is 2.14. The molecule has 0 fully saturated rings. The van der Waals surface area contributed by atoms with Crippen molar-refractivity contribution in [3.05, 3.63) is 24.3 Å². The van der Waals surface area contributed by atoms with Gasteiger partial charge in [0.1, 0.15) is 5.75 Å². The molecular formula is C6H7BO6S. The molecule has 6 nitrogen and oxygen atoms in total. The van der Waals surface area contributed by atoms with Crippen molar-refractivity contribution in [2.75, 3.05) is 0 Å². The molecule has 0 atom stereocenters. The summed E-state index contributed by atoms with van der Waals surface area (Å²) in [5.74, 6) is -0.0740. The summed E-state index contributed by atoms with van der Waals surface area (Å²) >= 11 is 0. The van der Waals surface area contributed by atoms with E-state index in [-0.39, 0.29) is 10.6 Å². The molecule has 0 spiro atoms. The van der Waals surface area contributed by atoms with Gasteiger partial charge in [-0.25, -0.2) is 0 Å². The predicted octanol–water partition coefficient (Wildman–Crippen LogP) is -0.718.